The van der Waals surface area contributed by atoms with Crippen LogP contribution in [0.2, 0.25) is 0 Å². The van der Waals surface area contributed by atoms with Gasteiger partial charge in [0.05, 0.1) is 6.54 Å². The minimum atomic E-state index is 0.135. The van der Waals surface area contributed by atoms with Gasteiger partial charge in [-0.25, -0.2) is 0 Å². The molecule has 1 aliphatic heterocycles. The van der Waals surface area contributed by atoms with Gasteiger partial charge in [-0.3, -0.25) is 9.69 Å². The van der Waals surface area contributed by atoms with E-state index >= 15 is 0 Å². The number of nitrogens with zero attached hydrogens (tertiary/aromatic N) is 1. The maximum Gasteiger partial charge on any atom is 0.234 e. The Bertz CT molecular complexity index is 218. The summed E-state index contributed by atoms with van der Waals surface area (Å²) >= 11 is 0. The van der Waals surface area contributed by atoms with Crippen molar-refractivity contribution >= 4 is 5.91 Å². The normalized spacial score (nSPS) is 25.4. The van der Waals surface area contributed by atoms with Crippen LogP contribution in [0.4, 0.5) is 0 Å². The summed E-state index contributed by atoms with van der Waals surface area (Å²) in [6, 6.07) is 0.455. The molecule has 1 amide bonds. The molecule has 3 N–H and O–H groups in total. The number of hydrogen-bond acceptors (Lipinski definition) is 3. The smallest absolute Gasteiger partial charge is 0.234 e. The SMILES string of the molecule is CC(CN)CN1CC(=O)NCC1C(C)C. The van der Waals surface area contributed by atoms with Gasteiger partial charge in [-0.05, 0) is 18.4 Å². The second-order valence-electron chi connectivity index (χ2n) is 4.89. The second-order valence-corrected chi connectivity index (χ2v) is 4.89. The number of rotatable bonds is 4. The summed E-state index contributed by atoms with van der Waals surface area (Å²) in [4.78, 5) is 13.6. The highest BCUT2D eigenvalue weighted by molar-refractivity contribution is 5.78. The number of nitrogens with one attached hydrogen (secondary N) is 1. The maximum atomic E-state index is 11.3. The van der Waals surface area contributed by atoms with Gasteiger partial charge >= 0.3 is 0 Å². The summed E-state index contributed by atoms with van der Waals surface area (Å²) in [6.07, 6.45) is 0. The summed E-state index contributed by atoms with van der Waals surface area (Å²) in [7, 11) is 0. The Morgan fingerprint density at radius 1 is 1.53 bits per heavy atom. The van der Waals surface area contributed by atoms with Gasteiger partial charge in [0.25, 0.3) is 0 Å². The van der Waals surface area contributed by atoms with Crippen molar-refractivity contribution in [1.29, 1.82) is 0 Å². The summed E-state index contributed by atoms with van der Waals surface area (Å²) in [5.41, 5.74) is 5.62. The lowest BCUT2D eigenvalue weighted by atomic mass is 9.99. The maximum absolute atomic E-state index is 11.3. The first kappa shape index (κ1) is 12.5. The molecule has 4 nitrogen and oxygen atoms in total. The van der Waals surface area contributed by atoms with Crippen molar-refractivity contribution in [3.63, 3.8) is 0 Å². The molecule has 2 atom stereocenters. The average Bonchev–Trinajstić information content (AvgIpc) is 2.17. The lowest BCUT2D eigenvalue weighted by Crippen LogP contribution is -2.57. The van der Waals surface area contributed by atoms with Crippen molar-refractivity contribution < 1.29 is 4.79 Å². The van der Waals surface area contributed by atoms with Crippen LogP contribution in [0.25, 0.3) is 0 Å². The minimum Gasteiger partial charge on any atom is -0.353 e. The predicted octanol–water partition coefficient (Wildman–Crippen LogP) is 0.0376. The number of nitrogens with two attached hydrogens (primary N) is 1. The molecule has 4 heteroatoms. The third kappa shape index (κ3) is 3.47. The quantitative estimate of drug-likeness (QED) is 0.693. The van der Waals surface area contributed by atoms with Crippen LogP contribution in [0.3, 0.4) is 0 Å². The van der Waals surface area contributed by atoms with Crippen LogP contribution < -0.4 is 11.1 Å². The van der Waals surface area contributed by atoms with Crippen LogP contribution in [0.15, 0.2) is 0 Å². The van der Waals surface area contributed by atoms with Gasteiger partial charge in [-0.1, -0.05) is 20.8 Å². The molecule has 15 heavy (non-hydrogen) atoms. The van der Waals surface area contributed by atoms with Crippen LogP contribution in [-0.2, 0) is 4.79 Å². The van der Waals surface area contributed by atoms with E-state index in [2.05, 4.69) is 31.0 Å². The van der Waals surface area contributed by atoms with Gasteiger partial charge < -0.3 is 11.1 Å². The molecule has 0 spiro atoms. The minimum absolute atomic E-state index is 0.135. The molecule has 0 radical (unpaired) electrons. The standard InChI is InChI=1S/C11H23N3O/c1-8(2)10-5-13-11(15)7-14(10)6-9(3)4-12/h8-10H,4-7,12H2,1-3H3,(H,13,15). The number of carbonyl (C=O) groups excluding carboxylic acids is 1. The second kappa shape index (κ2) is 5.47. The molecule has 1 fully saturated rings. The molecule has 2 unspecified atom stereocenters. The predicted molar refractivity (Wildman–Crippen MR) is 61.4 cm³/mol. The molecule has 0 aromatic heterocycles. The van der Waals surface area contributed by atoms with E-state index in [-0.39, 0.29) is 5.91 Å². The van der Waals surface area contributed by atoms with E-state index in [9.17, 15) is 4.79 Å². The molecular weight excluding hydrogens is 190 g/mol. The summed E-state index contributed by atoms with van der Waals surface area (Å²) in [5.74, 6) is 1.16. The van der Waals surface area contributed by atoms with Crippen molar-refractivity contribution in [3.8, 4) is 0 Å². The van der Waals surface area contributed by atoms with Gasteiger partial charge in [0.2, 0.25) is 5.91 Å². The zero-order chi connectivity index (χ0) is 11.4. The highest BCUT2D eigenvalue weighted by Gasteiger charge is 2.29. The Balaban J connectivity index is 2.57. The Hall–Kier alpha value is -0.610. The first-order chi connectivity index (χ1) is 7.04. The third-order valence-corrected chi connectivity index (χ3v) is 3.04. The van der Waals surface area contributed by atoms with Gasteiger partial charge in [0.1, 0.15) is 0 Å². The fraction of sp³-hybridized carbons (Fsp3) is 0.909. The van der Waals surface area contributed by atoms with Crippen LogP contribution >= 0.6 is 0 Å². The zero-order valence-corrected chi connectivity index (χ0v) is 9.99. The van der Waals surface area contributed by atoms with E-state index in [0.29, 0.717) is 31.0 Å². The number of piperazine rings is 1. The van der Waals surface area contributed by atoms with Crippen molar-refractivity contribution in [2.75, 3.05) is 26.2 Å². The third-order valence-electron chi connectivity index (χ3n) is 3.04. The lowest BCUT2D eigenvalue weighted by molar-refractivity contribution is -0.126. The molecule has 0 aliphatic carbocycles. The average molecular weight is 213 g/mol. The van der Waals surface area contributed by atoms with E-state index in [1.807, 2.05) is 0 Å². The van der Waals surface area contributed by atoms with E-state index in [1.54, 1.807) is 0 Å². The van der Waals surface area contributed by atoms with Crippen molar-refractivity contribution in [1.82, 2.24) is 10.2 Å². The van der Waals surface area contributed by atoms with Crippen LogP contribution in [0, 0.1) is 11.8 Å². The highest BCUT2D eigenvalue weighted by Crippen LogP contribution is 2.14. The molecule has 0 saturated carbocycles. The largest absolute Gasteiger partial charge is 0.353 e. The Morgan fingerprint density at radius 2 is 2.20 bits per heavy atom. The van der Waals surface area contributed by atoms with Crippen molar-refractivity contribution in [3.05, 3.63) is 0 Å². The molecule has 1 saturated heterocycles. The summed E-state index contributed by atoms with van der Waals surface area (Å²) in [6.45, 7) is 9.42. The molecule has 0 aromatic carbocycles. The van der Waals surface area contributed by atoms with E-state index in [0.717, 1.165) is 13.1 Å². The topological polar surface area (TPSA) is 58.4 Å². The van der Waals surface area contributed by atoms with E-state index < -0.39 is 0 Å². The molecule has 1 heterocycles. The van der Waals surface area contributed by atoms with Gasteiger partial charge in [0.15, 0.2) is 0 Å². The number of hydrogen-bond donors (Lipinski definition) is 2. The van der Waals surface area contributed by atoms with E-state index in [1.165, 1.54) is 0 Å². The molecule has 0 aromatic rings. The molecule has 1 rings (SSSR count). The Morgan fingerprint density at radius 3 is 2.73 bits per heavy atom. The van der Waals surface area contributed by atoms with Crippen molar-refractivity contribution in [2.45, 2.75) is 26.8 Å². The molecule has 0 bridgehead atoms. The number of carbonyl (C=O) groups is 1. The Labute approximate surface area is 92.2 Å². The highest BCUT2D eigenvalue weighted by atomic mass is 16.2. The van der Waals surface area contributed by atoms with Gasteiger partial charge in [0, 0.05) is 19.1 Å². The summed E-state index contributed by atoms with van der Waals surface area (Å²) in [5, 5.41) is 2.92. The lowest BCUT2D eigenvalue weighted by Gasteiger charge is -2.39. The zero-order valence-electron chi connectivity index (χ0n) is 9.99. The van der Waals surface area contributed by atoms with Crippen LogP contribution in [-0.4, -0.2) is 43.0 Å². The summed E-state index contributed by atoms with van der Waals surface area (Å²) < 4.78 is 0. The molecule has 88 valence electrons. The van der Waals surface area contributed by atoms with Crippen LogP contribution in [0.1, 0.15) is 20.8 Å². The molecular formula is C11H23N3O. The van der Waals surface area contributed by atoms with Crippen molar-refractivity contribution in [2.24, 2.45) is 17.6 Å². The number of amides is 1. The monoisotopic (exact) mass is 213 g/mol. The Kier molecular flexibility index (Phi) is 4.54. The first-order valence-corrected chi connectivity index (χ1v) is 5.75. The van der Waals surface area contributed by atoms with Gasteiger partial charge in [-0.15, -0.1) is 0 Å². The molecule has 1 aliphatic rings. The van der Waals surface area contributed by atoms with E-state index in [4.69, 9.17) is 5.73 Å². The fourth-order valence-corrected chi connectivity index (χ4v) is 2.04. The first-order valence-electron chi connectivity index (χ1n) is 5.75. The van der Waals surface area contributed by atoms with Gasteiger partial charge in [-0.2, -0.15) is 0 Å². The fourth-order valence-electron chi connectivity index (χ4n) is 2.04. The van der Waals surface area contributed by atoms with Crippen LogP contribution in [0.5, 0.6) is 0 Å².